The van der Waals surface area contributed by atoms with Gasteiger partial charge in [0.25, 0.3) is 17.7 Å². The van der Waals surface area contributed by atoms with Gasteiger partial charge in [0.2, 0.25) is 0 Å². The molecule has 4 rings (SSSR count). The zero-order chi connectivity index (χ0) is 27.6. The number of nitrogens with zero attached hydrogens (tertiary/aromatic N) is 4. The Morgan fingerprint density at radius 3 is 2.21 bits per heavy atom. The number of aryl methyl sites for hydroxylation is 2. The van der Waals surface area contributed by atoms with Gasteiger partial charge >= 0.3 is 0 Å². The Labute approximate surface area is 223 Å². The Morgan fingerprint density at radius 2 is 1.61 bits per heavy atom. The summed E-state index contributed by atoms with van der Waals surface area (Å²) in [7, 11) is 1.72. The van der Waals surface area contributed by atoms with Gasteiger partial charge in [0.15, 0.2) is 6.17 Å². The minimum Gasteiger partial charge on any atom is -0.349 e. The number of nitrogens with two attached hydrogens (primary N) is 1. The van der Waals surface area contributed by atoms with E-state index in [4.69, 9.17) is 5.73 Å². The van der Waals surface area contributed by atoms with Crippen molar-refractivity contribution in [3.8, 4) is 0 Å². The van der Waals surface area contributed by atoms with Crippen LogP contribution in [0.1, 0.15) is 64.0 Å². The van der Waals surface area contributed by atoms with Gasteiger partial charge in [-0.1, -0.05) is 62.7 Å². The molecule has 3 N–H and O–H groups in total. The zero-order valence-electron chi connectivity index (χ0n) is 22.7. The molecule has 1 unspecified atom stereocenters. The Balaban J connectivity index is 1.63. The quantitative estimate of drug-likeness (QED) is 0.523. The van der Waals surface area contributed by atoms with Crippen molar-refractivity contribution in [2.75, 3.05) is 13.1 Å². The zero-order valence-corrected chi connectivity index (χ0v) is 22.7. The summed E-state index contributed by atoms with van der Waals surface area (Å²) < 4.78 is 1.54. The first kappa shape index (κ1) is 27.1. The van der Waals surface area contributed by atoms with Gasteiger partial charge < -0.3 is 20.9 Å². The van der Waals surface area contributed by atoms with Gasteiger partial charge in [-0.2, -0.15) is 5.10 Å². The van der Waals surface area contributed by atoms with Crippen LogP contribution in [0.25, 0.3) is 0 Å². The Bertz CT molecular complexity index is 1340. The van der Waals surface area contributed by atoms with Crippen LogP contribution in [0.15, 0.2) is 54.6 Å². The SMILES string of the molecule is Cc1ccc(C(=O)N2CCN(C(=O)c3cc(C(C)(C)C)nn3C)C2C(=O)NCc2cccc(CN)c2)cc1. The highest BCUT2D eigenvalue weighted by molar-refractivity contribution is 6.01. The number of aromatic nitrogens is 2. The first-order chi connectivity index (χ1) is 18.0. The lowest BCUT2D eigenvalue weighted by molar-refractivity contribution is -0.128. The summed E-state index contributed by atoms with van der Waals surface area (Å²) in [5.74, 6) is -1.07. The van der Waals surface area contributed by atoms with Crippen molar-refractivity contribution >= 4 is 17.7 Å². The van der Waals surface area contributed by atoms with E-state index in [0.717, 1.165) is 22.4 Å². The van der Waals surface area contributed by atoms with E-state index in [-0.39, 0.29) is 36.9 Å². The standard InChI is InChI=1S/C29H36N6O3/c1-19-9-11-22(12-10-19)27(37)34-13-14-35(28(38)23-16-24(29(2,3)4)32-33(23)5)26(34)25(36)31-18-21-8-6-7-20(15-21)17-30/h6-12,15-16,26H,13-14,17-18,30H2,1-5H3,(H,31,36). The summed E-state index contributed by atoms with van der Waals surface area (Å²) >= 11 is 0. The summed E-state index contributed by atoms with van der Waals surface area (Å²) in [5.41, 5.74) is 9.98. The van der Waals surface area contributed by atoms with Crippen LogP contribution in [0.2, 0.25) is 0 Å². The maximum Gasteiger partial charge on any atom is 0.274 e. The predicted molar refractivity (Wildman–Crippen MR) is 145 cm³/mol. The van der Waals surface area contributed by atoms with E-state index in [1.54, 1.807) is 29.9 Å². The van der Waals surface area contributed by atoms with Crippen molar-refractivity contribution in [2.24, 2.45) is 12.8 Å². The lowest BCUT2D eigenvalue weighted by Crippen LogP contribution is -2.53. The predicted octanol–water partition coefficient (Wildman–Crippen LogP) is 2.73. The van der Waals surface area contributed by atoms with E-state index in [2.05, 4.69) is 10.4 Å². The van der Waals surface area contributed by atoms with Crippen LogP contribution in [-0.2, 0) is 30.3 Å². The van der Waals surface area contributed by atoms with Crippen LogP contribution < -0.4 is 11.1 Å². The third kappa shape index (κ3) is 5.62. The molecule has 0 aliphatic carbocycles. The molecule has 9 nitrogen and oxygen atoms in total. The van der Waals surface area contributed by atoms with Crippen molar-refractivity contribution in [3.63, 3.8) is 0 Å². The van der Waals surface area contributed by atoms with Gasteiger partial charge in [0.05, 0.1) is 5.69 Å². The molecular weight excluding hydrogens is 480 g/mol. The van der Waals surface area contributed by atoms with E-state index in [0.29, 0.717) is 17.8 Å². The van der Waals surface area contributed by atoms with Gasteiger partial charge in [0, 0.05) is 44.2 Å². The monoisotopic (exact) mass is 516 g/mol. The molecule has 1 aliphatic heterocycles. The summed E-state index contributed by atoms with van der Waals surface area (Å²) in [5, 5.41) is 7.45. The molecule has 2 heterocycles. The number of carbonyl (C=O) groups is 3. The van der Waals surface area contributed by atoms with Gasteiger partial charge in [-0.15, -0.1) is 0 Å². The summed E-state index contributed by atoms with van der Waals surface area (Å²) in [6.45, 7) is 9.13. The third-order valence-electron chi connectivity index (χ3n) is 6.79. The first-order valence-corrected chi connectivity index (χ1v) is 12.8. The lowest BCUT2D eigenvalue weighted by Gasteiger charge is -2.29. The largest absolute Gasteiger partial charge is 0.349 e. The van der Waals surface area contributed by atoms with Gasteiger partial charge in [0.1, 0.15) is 5.69 Å². The highest BCUT2D eigenvalue weighted by Crippen LogP contribution is 2.25. The number of benzene rings is 2. The highest BCUT2D eigenvalue weighted by atomic mass is 16.2. The number of hydrogen-bond donors (Lipinski definition) is 2. The van der Waals surface area contributed by atoms with Crippen LogP contribution in [0.3, 0.4) is 0 Å². The molecule has 1 saturated heterocycles. The molecule has 1 fully saturated rings. The van der Waals surface area contributed by atoms with Crippen LogP contribution in [-0.4, -0.2) is 56.6 Å². The van der Waals surface area contributed by atoms with E-state index in [1.807, 2.05) is 64.1 Å². The second-order valence-electron chi connectivity index (χ2n) is 10.8. The van der Waals surface area contributed by atoms with E-state index in [1.165, 1.54) is 9.80 Å². The summed E-state index contributed by atoms with van der Waals surface area (Å²) in [4.78, 5) is 43.8. The third-order valence-corrected chi connectivity index (χ3v) is 6.79. The summed E-state index contributed by atoms with van der Waals surface area (Å²) in [6, 6.07) is 16.6. The molecule has 0 radical (unpaired) electrons. The minimum atomic E-state index is -1.10. The van der Waals surface area contributed by atoms with E-state index in [9.17, 15) is 14.4 Å². The molecule has 3 aromatic rings. The second-order valence-corrected chi connectivity index (χ2v) is 10.8. The molecule has 2 aromatic carbocycles. The van der Waals surface area contributed by atoms with E-state index < -0.39 is 12.1 Å². The molecule has 0 bridgehead atoms. The van der Waals surface area contributed by atoms with Crippen molar-refractivity contribution in [2.45, 2.75) is 52.4 Å². The number of nitrogens with one attached hydrogen (secondary N) is 1. The molecule has 200 valence electrons. The van der Waals surface area contributed by atoms with Crippen molar-refractivity contribution in [1.29, 1.82) is 0 Å². The van der Waals surface area contributed by atoms with Gasteiger partial charge in [-0.3, -0.25) is 19.1 Å². The van der Waals surface area contributed by atoms with Crippen LogP contribution in [0.4, 0.5) is 0 Å². The van der Waals surface area contributed by atoms with Crippen molar-refractivity contribution in [3.05, 3.63) is 88.2 Å². The van der Waals surface area contributed by atoms with Crippen LogP contribution in [0.5, 0.6) is 0 Å². The molecule has 3 amide bonds. The Kier molecular flexibility index (Phi) is 7.68. The highest BCUT2D eigenvalue weighted by Gasteiger charge is 2.44. The number of amides is 3. The van der Waals surface area contributed by atoms with Gasteiger partial charge in [-0.05, 0) is 36.2 Å². The molecule has 1 atom stereocenters. The summed E-state index contributed by atoms with van der Waals surface area (Å²) in [6.07, 6.45) is -1.10. The van der Waals surface area contributed by atoms with Crippen LogP contribution >= 0.6 is 0 Å². The molecule has 9 heteroatoms. The number of carbonyl (C=O) groups excluding carboxylic acids is 3. The van der Waals surface area contributed by atoms with Crippen LogP contribution in [0, 0.1) is 6.92 Å². The van der Waals surface area contributed by atoms with E-state index >= 15 is 0 Å². The maximum absolute atomic E-state index is 13.8. The number of rotatable bonds is 6. The molecule has 38 heavy (non-hydrogen) atoms. The second kappa shape index (κ2) is 10.8. The maximum atomic E-state index is 13.8. The molecule has 1 aliphatic rings. The van der Waals surface area contributed by atoms with Crippen molar-refractivity contribution < 1.29 is 14.4 Å². The fourth-order valence-electron chi connectivity index (χ4n) is 4.53. The number of hydrogen-bond acceptors (Lipinski definition) is 5. The molecule has 0 saturated carbocycles. The average molecular weight is 517 g/mol. The smallest absolute Gasteiger partial charge is 0.274 e. The lowest BCUT2D eigenvalue weighted by atomic mass is 9.92. The minimum absolute atomic E-state index is 0.229. The molecular formula is C29H36N6O3. The molecule has 0 spiro atoms. The van der Waals surface area contributed by atoms with Gasteiger partial charge in [-0.25, -0.2) is 0 Å². The fraction of sp³-hybridized carbons (Fsp3) is 0.379. The average Bonchev–Trinajstić information content (AvgIpc) is 3.51. The Hall–Kier alpha value is -3.98. The van der Waals surface area contributed by atoms with Crippen molar-refractivity contribution in [1.82, 2.24) is 24.9 Å². The Morgan fingerprint density at radius 1 is 0.974 bits per heavy atom. The first-order valence-electron chi connectivity index (χ1n) is 12.8. The topological polar surface area (TPSA) is 114 Å². The molecule has 1 aromatic heterocycles. The normalized spacial score (nSPS) is 15.6. The fourth-order valence-corrected chi connectivity index (χ4v) is 4.53.